The largest absolute Gasteiger partial charge is 0.297 e. The number of H-pyrrole nitrogens is 1. The van der Waals surface area contributed by atoms with Gasteiger partial charge in [-0.25, -0.2) is 4.68 Å². The van der Waals surface area contributed by atoms with Gasteiger partial charge in [-0.2, -0.15) is 0 Å². The van der Waals surface area contributed by atoms with Crippen LogP contribution in [0.15, 0.2) is 29.1 Å². The summed E-state index contributed by atoms with van der Waals surface area (Å²) in [5.41, 5.74) is 1.77. The van der Waals surface area contributed by atoms with E-state index >= 15 is 0 Å². The van der Waals surface area contributed by atoms with Crippen molar-refractivity contribution in [3.05, 3.63) is 34.6 Å². The Labute approximate surface area is 112 Å². The molecule has 1 unspecified atom stereocenters. The molecule has 0 saturated carbocycles. The van der Waals surface area contributed by atoms with E-state index in [1.165, 1.54) is 0 Å². The van der Waals surface area contributed by atoms with Crippen molar-refractivity contribution in [2.75, 3.05) is 12.3 Å². The van der Waals surface area contributed by atoms with Crippen molar-refractivity contribution in [1.29, 1.82) is 0 Å². The molecular formula is C12H11N5OS. The number of hydrogen-bond acceptors (Lipinski definition) is 5. The third-order valence-electron chi connectivity index (χ3n) is 3.25. The Balaban J connectivity index is 2.05. The minimum Gasteiger partial charge on any atom is -0.290 e. The maximum absolute atomic E-state index is 12.3. The summed E-state index contributed by atoms with van der Waals surface area (Å²) in [7, 11) is 0. The average Bonchev–Trinajstić information content (AvgIpc) is 3.07. The summed E-state index contributed by atoms with van der Waals surface area (Å²) in [6.07, 6.45) is 0. The van der Waals surface area contributed by atoms with Crippen LogP contribution in [-0.4, -0.2) is 32.3 Å². The van der Waals surface area contributed by atoms with Crippen LogP contribution in [0.4, 0.5) is 0 Å². The molecule has 0 amide bonds. The maximum Gasteiger partial charge on any atom is 0.297 e. The molecule has 96 valence electrons. The summed E-state index contributed by atoms with van der Waals surface area (Å²) in [6, 6.07) is 7.68. The maximum atomic E-state index is 12.3. The zero-order valence-corrected chi connectivity index (χ0v) is 10.8. The summed E-state index contributed by atoms with van der Waals surface area (Å²) in [5.74, 6) is 0.999. The van der Waals surface area contributed by atoms with Gasteiger partial charge in [0, 0.05) is 17.7 Å². The highest BCUT2D eigenvalue weighted by Crippen LogP contribution is 2.24. The molecule has 4 rings (SSSR count). The highest BCUT2D eigenvalue weighted by Gasteiger charge is 2.21. The van der Waals surface area contributed by atoms with E-state index in [1.54, 1.807) is 16.4 Å². The zero-order valence-electron chi connectivity index (χ0n) is 9.96. The van der Waals surface area contributed by atoms with E-state index < -0.39 is 0 Å². The second-order valence-electron chi connectivity index (χ2n) is 4.40. The number of fused-ring (bicyclic) bond motifs is 3. The molecule has 0 spiro atoms. The SMILES string of the molecule is O=c1c2nnc3ccccc3c2[nH]n1C1NCCS1. The van der Waals surface area contributed by atoms with Gasteiger partial charge in [0.25, 0.3) is 5.56 Å². The second-order valence-corrected chi connectivity index (χ2v) is 5.59. The van der Waals surface area contributed by atoms with E-state index in [0.717, 1.165) is 28.7 Å². The molecule has 6 nitrogen and oxygen atoms in total. The number of hydrogen-bond donors (Lipinski definition) is 2. The lowest BCUT2D eigenvalue weighted by Crippen LogP contribution is -2.27. The molecular weight excluding hydrogens is 262 g/mol. The van der Waals surface area contributed by atoms with Gasteiger partial charge < -0.3 is 0 Å². The normalized spacial score (nSPS) is 19.5. The van der Waals surface area contributed by atoms with Crippen molar-refractivity contribution in [2.45, 2.75) is 5.50 Å². The predicted octanol–water partition coefficient (Wildman–Crippen LogP) is 1.07. The van der Waals surface area contributed by atoms with Crippen molar-refractivity contribution < 1.29 is 0 Å². The first-order valence-corrected chi connectivity index (χ1v) is 7.10. The zero-order chi connectivity index (χ0) is 12.8. The first-order chi connectivity index (χ1) is 9.34. The smallest absolute Gasteiger partial charge is 0.290 e. The molecule has 1 aliphatic rings. The molecule has 2 aromatic heterocycles. The molecule has 1 fully saturated rings. The van der Waals surface area contributed by atoms with E-state index in [0.29, 0.717) is 5.52 Å². The first kappa shape index (κ1) is 11.0. The summed E-state index contributed by atoms with van der Waals surface area (Å²) < 4.78 is 1.60. The minimum atomic E-state index is -0.125. The quantitative estimate of drug-likeness (QED) is 0.693. The lowest BCUT2D eigenvalue weighted by Gasteiger charge is -2.08. The topological polar surface area (TPSA) is 75.6 Å². The molecule has 19 heavy (non-hydrogen) atoms. The molecule has 1 atom stereocenters. The van der Waals surface area contributed by atoms with E-state index in [9.17, 15) is 4.79 Å². The highest BCUT2D eigenvalue weighted by atomic mass is 32.2. The summed E-state index contributed by atoms with van der Waals surface area (Å²) in [5, 5.41) is 15.5. The number of benzene rings is 1. The third kappa shape index (κ3) is 1.58. The Kier molecular flexibility index (Phi) is 2.36. The van der Waals surface area contributed by atoms with Gasteiger partial charge in [-0.15, -0.1) is 22.0 Å². The van der Waals surface area contributed by atoms with Gasteiger partial charge in [0.1, 0.15) is 0 Å². The third-order valence-corrected chi connectivity index (χ3v) is 4.39. The highest BCUT2D eigenvalue weighted by molar-refractivity contribution is 7.99. The number of nitrogens with zero attached hydrogens (tertiary/aromatic N) is 3. The minimum absolute atomic E-state index is 0.0412. The van der Waals surface area contributed by atoms with Crippen LogP contribution in [0.1, 0.15) is 5.50 Å². The van der Waals surface area contributed by atoms with E-state index in [1.807, 2.05) is 24.3 Å². The van der Waals surface area contributed by atoms with Gasteiger partial charge in [-0.1, -0.05) is 18.2 Å². The lowest BCUT2D eigenvalue weighted by molar-refractivity contribution is 0.522. The van der Waals surface area contributed by atoms with Gasteiger partial charge in [0.05, 0.1) is 11.0 Å². The molecule has 2 N–H and O–H groups in total. The second kappa shape index (κ2) is 4.07. The van der Waals surface area contributed by atoms with E-state index in [2.05, 4.69) is 20.6 Å². The van der Waals surface area contributed by atoms with Gasteiger partial charge in [-0.3, -0.25) is 15.2 Å². The predicted molar refractivity (Wildman–Crippen MR) is 75.2 cm³/mol. The first-order valence-electron chi connectivity index (χ1n) is 6.05. The van der Waals surface area contributed by atoms with Gasteiger partial charge >= 0.3 is 0 Å². The van der Waals surface area contributed by atoms with Crippen LogP contribution in [0.3, 0.4) is 0 Å². The number of nitrogens with one attached hydrogen (secondary N) is 2. The molecule has 1 aliphatic heterocycles. The van der Waals surface area contributed by atoms with Crippen LogP contribution in [-0.2, 0) is 0 Å². The Morgan fingerprint density at radius 1 is 1.32 bits per heavy atom. The number of thioether (sulfide) groups is 1. The molecule has 1 aromatic carbocycles. The molecule has 1 saturated heterocycles. The van der Waals surface area contributed by atoms with Gasteiger partial charge in [0.15, 0.2) is 11.0 Å². The summed E-state index contributed by atoms with van der Waals surface area (Å²) >= 11 is 1.70. The van der Waals surface area contributed by atoms with E-state index in [-0.39, 0.29) is 11.1 Å². The molecule has 0 radical (unpaired) electrons. The van der Waals surface area contributed by atoms with Crippen molar-refractivity contribution in [3.63, 3.8) is 0 Å². The fraction of sp³-hybridized carbons (Fsp3) is 0.250. The van der Waals surface area contributed by atoms with Crippen LogP contribution in [0, 0.1) is 0 Å². The average molecular weight is 273 g/mol. The standard InChI is InChI=1S/C12H11N5OS/c18-11-10-9(16-17(11)12-13-5-6-19-12)7-3-1-2-4-8(7)14-15-10/h1-4,12-13,16H,5-6H2. The van der Waals surface area contributed by atoms with Crippen LogP contribution in [0.2, 0.25) is 0 Å². The Morgan fingerprint density at radius 3 is 3.05 bits per heavy atom. The van der Waals surface area contributed by atoms with Crippen LogP contribution >= 0.6 is 11.8 Å². The summed E-state index contributed by atoms with van der Waals surface area (Å²) in [6.45, 7) is 0.906. The van der Waals surface area contributed by atoms with Crippen LogP contribution in [0.25, 0.3) is 21.9 Å². The molecule has 7 heteroatoms. The van der Waals surface area contributed by atoms with Crippen molar-refractivity contribution in [2.24, 2.45) is 0 Å². The van der Waals surface area contributed by atoms with Crippen LogP contribution in [0.5, 0.6) is 0 Å². The molecule has 3 aromatic rings. The number of aromatic nitrogens is 4. The number of rotatable bonds is 1. The Bertz CT molecular complexity index is 818. The monoisotopic (exact) mass is 273 g/mol. The summed E-state index contributed by atoms with van der Waals surface area (Å²) in [4.78, 5) is 12.3. The fourth-order valence-corrected chi connectivity index (χ4v) is 3.34. The van der Waals surface area contributed by atoms with Gasteiger partial charge in [-0.05, 0) is 6.07 Å². The van der Waals surface area contributed by atoms with Crippen molar-refractivity contribution in [1.82, 2.24) is 25.3 Å². The van der Waals surface area contributed by atoms with Gasteiger partial charge in [0.2, 0.25) is 0 Å². The number of aromatic amines is 1. The Morgan fingerprint density at radius 2 is 2.21 bits per heavy atom. The van der Waals surface area contributed by atoms with Crippen molar-refractivity contribution >= 4 is 33.7 Å². The molecule has 3 heterocycles. The fourth-order valence-electron chi connectivity index (χ4n) is 2.34. The van der Waals surface area contributed by atoms with Crippen LogP contribution < -0.4 is 10.9 Å². The molecule has 0 bridgehead atoms. The Hall–Kier alpha value is -1.86. The lowest BCUT2D eigenvalue weighted by atomic mass is 10.2. The van der Waals surface area contributed by atoms with Crippen molar-refractivity contribution in [3.8, 4) is 0 Å². The van der Waals surface area contributed by atoms with E-state index in [4.69, 9.17) is 0 Å². The molecule has 0 aliphatic carbocycles.